The van der Waals surface area contributed by atoms with E-state index in [0.29, 0.717) is 4.70 Å². The first-order valence-electron chi connectivity index (χ1n) is 8.98. The molecule has 11 nitrogen and oxygen atoms in total. The van der Waals surface area contributed by atoms with E-state index < -0.39 is 41.2 Å². The number of carbonyl (C=O) groups excluding carboxylic acids is 1. The number of aliphatic hydroxyl groups excluding tert-OH is 1. The summed E-state index contributed by atoms with van der Waals surface area (Å²) in [6.07, 6.45) is -1.46. The topological polar surface area (TPSA) is 182 Å². The Labute approximate surface area is 170 Å². The van der Waals surface area contributed by atoms with Gasteiger partial charge in [0.05, 0.1) is 0 Å². The number of carbonyl (C=O) groups is 1. The van der Waals surface area contributed by atoms with Crippen LogP contribution in [0.4, 0.5) is 11.8 Å². The van der Waals surface area contributed by atoms with Gasteiger partial charge in [0.15, 0.2) is 11.9 Å². The van der Waals surface area contributed by atoms with Crippen LogP contribution in [0.3, 0.4) is 0 Å². The van der Waals surface area contributed by atoms with Gasteiger partial charge >= 0.3 is 10.8 Å². The fraction of sp³-hybridized carbons (Fsp3) is 0.529. The van der Waals surface area contributed by atoms with Gasteiger partial charge < -0.3 is 31.8 Å². The lowest BCUT2D eigenvalue weighted by atomic mass is 9.98. The number of fused-ring (bicyclic) bond motifs is 1. The molecule has 158 valence electrons. The van der Waals surface area contributed by atoms with E-state index in [1.165, 1.54) is 10.6 Å². The zero-order chi connectivity index (χ0) is 21.5. The minimum atomic E-state index is -1.14. The fourth-order valence-corrected chi connectivity index (χ4v) is 3.98. The van der Waals surface area contributed by atoms with E-state index in [9.17, 15) is 14.7 Å². The average molecular weight is 424 g/mol. The van der Waals surface area contributed by atoms with E-state index in [1.807, 2.05) is 0 Å². The number of nitrogens with zero attached hydrogens (tertiary/aromatic N) is 3. The number of esters is 1. The maximum atomic E-state index is 12.6. The summed E-state index contributed by atoms with van der Waals surface area (Å²) in [4.78, 5) is 32.1. The van der Waals surface area contributed by atoms with Crippen LogP contribution in [0.1, 0.15) is 20.1 Å². The molecule has 1 aliphatic heterocycles. The van der Waals surface area contributed by atoms with Gasteiger partial charge in [-0.2, -0.15) is 9.97 Å². The molecule has 29 heavy (non-hydrogen) atoms. The highest BCUT2D eigenvalue weighted by Gasteiger charge is 2.45. The first-order chi connectivity index (χ1) is 13.6. The van der Waals surface area contributed by atoms with Crippen LogP contribution in [-0.2, 0) is 14.3 Å². The lowest BCUT2D eigenvalue weighted by Crippen LogP contribution is -2.39. The van der Waals surface area contributed by atoms with Crippen LogP contribution in [0.25, 0.3) is 10.3 Å². The average Bonchev–Trinajstić information content (AvgIpc) is 3.14. The van der Waals surface area contributed by atoms with E-state index in [2.05, 4.69) is 16.5 Å². The van der Waals surface area contributed by atoms with Gasteiger partial charge in [0, 0.05) is 5.92 Å². The Morgan fingerprint density at radius 2 is 2.14 bits per heavy atom. The molecular weight excluding hydrogens is 400 g/mol. The van der Waals surface area contributed by atoms with Gasteiger partial charge in [0.2, 0.25) is 5.95 Å². The molecule has 12 heteroatoms. The summed E-state index contributed by atoms with van der Waals surface area (Å²) in [5.74, 6) is -1.30. The standard InChI is InChI=1S/C17H24N6O5S/c1-4-7-8(5-27-15(25)9(18)6(2)3)28-14(10(7)24)23-13-11(29-17(23)26)12(19)21-16(20)22-13/h4,6-10,14,24H,1,5,18H2,2-3H3,(H4,19,20,21,22)/t7-,8-,9+,10-,14-/m1/s1. The summed E-state index contributed by atoms with van der Waals surface area (Å²) in [5, 5.41) is 10.8. The number of aromatic nitrogens is 3. The molecular formula is C17H24N6O5S. The Morgan fingerprint density at radius 1 is 1.45 bits per heavy atom. The summed E-state index contributed by atoms with van der Waals surface area (Å²) in [6.45, 7) is 7.16. The van der Waals surface area contributed by atoms with Crippen LogP contribution in [0.5, 0.6) is 0 Å². The second-order valence-corrected chi connectivity index (χ2v) is 8.09. The first kappa shape index (κ1) is 21.2. The third kappa shape index (κ3) is 3.83. The number of rotatable bonds is 6. The number of nitrogen functional groups attached to an aromatic ring is 2. The van der Waals surface area contributed by atoms with Crippen molar-refractivity contribution in [3.8, 4) is 0 Å². The molecule has 0 amide bonds. The van der Waals surface area contributed by atoms with Gasteiger partial charge in [-0.3, -0.25) is 14.2 Å². The van der Waals surface area contributed by atoms with E-state index in [4.69, 9.17) is 26.7 Å². The third-order valence-electron chi connectivity index (χ3n) is 4.84. The number of thiazole rings is 1. The van der Waals surface area contributed by atoms with E-state index >= 15 is 0 Å². The van der Waals surface area contributed by atoms with Crippen molar-refractivity contribution in [1.29, 1.82) is 0 Å². The van der Waals surface area contributed by atoms with Crippen molar-refractivity contribution in [2.75, 3.05) is 18.1 Å². The maximum absolute atomic E-state index is 12.6. The lowest BCUT2D eigenvalue weighted by molar-refractivity contribution is -0.151. The normalized spacial score (nSPS) is 25.4. The Bertz CT molecular complexity index is 989. The molecule has 2 aromatic rings. The van der Waals surface area contributed by atoms with Crippen molar-refractivity contribution in [1.82, 2.24) is 14.5 Å². The Kier molecular flexibility index (Phi) is 5.89. The van der Waals surface area contributed by atoms with Crippen LogP contribution < -0.4 is 22.1 Å². The number of ether oxygens (including phenoxy) is 2. The molecule has 2 aromatic heterocycles. The largest absolute Gasteiger partial charge is 0.462 e. The molecule has 1 saturated heterocycles. The van der Waals surface area contributed by atoms with E-state index in [-0.39, 0.29) is 29.9 Å². The summed E-state index contributed by atoms with van der Waals surface area (Å²) in [7, 11) is 0. The molecule has 0 aliphatic carbocycles. The van der Waals surface area contributed by atoms with Gasteiger partial charge in [-0.25, -0.2) is 0 Å². The molecule has 1 fully saturated rings. The van der Waals surface area contributed by atoms with Crippen molar-refractivity contribution in [3.05, 3.63) is 22.3 Å². The predicted octanol–water partition coefficient (Wildman–Crippen LogP) is -0.396. The summed E-state index contributed by atoms with van der Waals surface area (Å²) in [5.41, 5.74) is 17.4. The van der Waals surface area contributed by atoms with Crippen molar-refractivity contribution in [2.24, 2.45) is 17.6 Å². The van der Waals surface area contributed by atoms with Crippen LogP contribution >= 0.6 is 11.3 Å². The Balaban J connectivity index is 1.88. The van der Waals surface area contributed by atoms with Gasteiger partial charge in [-0.15, -0.1) is 6.58 Å². The summed E-state index contributed by atoms with van der Waals surface area (Å²) >= 11 is 0.821. The zero-order valence-electron chi connectivity index (χ0n) is 16.0. The second-order valence-electron chi connectivity index (χ2n) is 7.13. The number of hydrogen-bond donors (Lipinski definition) is 4. The molecule has 0 spiro atoms. The molecule has 0 unspecified atom stereocenters. The van der Waals surface area contributed by atoms with Crippen LogP contribution in [0.15, 0.2) is 17.4 Å². The number of aliphatic hydroxyl groups is 1. The quantitative estimate of drug-likeness (QED) is 0.352. The van der Waals surface area contributed by atoms with E-state index in [0.717, 1.165) is 11.3 Å². The molecule has 3 heterocycles. The smallest absolute Gasteiger partial charge is 0.323 e. The van der Waals surface area contributed by atoms with Crippen LogP contribution in [0, 0.1) is 11.8 Å². The molecule has 0 bridgehead atoms. The van der Waals surface area contributed by atoms with Gasteiger partial charge in [-0.05, 0) is 5.92 Å². The highest BCUT2D eigenvalue weighted by Crippen LogP contribution is 2.37. The van der Waals surface area contributed by atoms with E-state index in [1.54, 1.807) is 13.8 Å². The van der Waals surface area contributed by atoms with Crippen LogP contribution in [-0.4, -0.2) is 50.5 Å². The predicted molar refractivity (Wildman–Crippen MR) is 108 cm³/mol. The lowest BCUT2D eigenvalue weighted by Gasteiger charge is -2.19. The second kappa shape index (κ2) is 8.06. The molecule has 0 aromatic carbocycles. The minimum Gasteiger partial charge on any atom is -0.462 e. The maximum Gasteiger partial charge on any atom is 0.323 e. The third-order valence-corrected chi connectivity index (χ3v) is 5.81. The molecule has 1 aliphatic rings. The van der Waals surface area contributed by atoms with Crippen molar-refractivity contribution >= 4 is 39.4 Å². The Hall–Kier alpha value is -2.54. The number of anilines is 2. The highest BCUT2D eigenvalue weighted by atomic mass is 32.1. The first-order valence-corrected chi connectivity index (χ1v) is 9.79. The number of nitrogens with two attached hydrogens (primary N) is 3. The SMILES string of the molecule is C=C[C@H]1[C@@H](O)[C@H](n2c(=O)sc3c(N)nc(N)nc32)O[C@@H]1COC(=O)[C@@H](N)C(C)C. The molecule has 0 radical (unpaired) electrons. The molecule has 0 saturated carbocycles. The molecule has 7 N–H and O–H groups in total. The number of hydrogen-bond acceptors (Lipinski definition) is 11. The Morgan fingerprint density at radius 3 is 2.76 bits per heavy atom. The van der Waals surface area contributed by atoms with Crippen molar-refractivity contribution in [3.63, 3.8) is 0 Å². The summed E-state index contributed by atoms with van der Waals surface area (Å²) in [6, 6.07) is -0.773. The highest BCUT2D eigenvalue weighted by molar-refractivity contribution is 7.17. The fourth-order valence-electron chi connectivity index (χ4n) is 3.13. The van der Waals surface area contributed by atoms with Crippen molar-refractivity contribution < 1.29 is 19.4 Å². The summed E-state index contributed by atoms with van der Waals surface area (Å²) < 4.78 is 12.6. The van der Waals surface area contributed by atoms with Crippen molar-refractivity contribution in [2.45, 2.75) is 38.3 Å². The molecule has 5 atom stereocenters. The van der Waals surface area contributed by atoms with Gasteiger partial charge in [0.25, 0.3) is 0 Å². The minimum absolute atomic E-state index is 0.0641. The molecule has 3 rings (SSSR count). The van der Waals surface area contributed by atoms with Gasteiger partial charge in [0.1, 0.15) is 35.4 Å². The zero-order valence-corrected chi connectivity index (χ0v) is 16.8. The monoisotopic (exact) mass is 424 g/mol. The van der Waals surface area contributed by atoms with Gasteiger partial charge in [-0.1, -0.05) is 31.3 Å². The van der Waals surface area contributed by atoms with Crippen LogP contribution in [0.2, 0.25) is 0 Å².